The van der Waals surface area contributed by atoms with Gasteiger partial charge in [-0.05, 0) is 18.4 Å². The van der Waals surface area contributed by atoms with Crippen molar-refractivity contribution in [2.75, 3.05) is 11.9 Å². The van der Waals surface area contributed by atoms with Gasteiger partial charge in [0.05, 0.1) is 12.4 Å². The smallest absolute Gasteiger partial charge is 0.320 e. The van der Waals surface area contributed by atoms with Gasteiger partial charge in [0.25, 0.3) is 0 Å². The lowest BCUT2D eigenvalue weighted by molar-refractivity contribution is -0.149. The van der Waals surface area contributed by atoms with Gasteiger partial charge in [0.15, 0.2) is 17.0 Å². The average Bonchev–Trinajstić information content (AvgIpc) is 3.48. The van der Waals surface area contributed by atoms with Gasteiger partial charge in [0, 0.05) is 19.9 Å². The molecule has 1 fully saturated rings. The molecular formula is C27H37N5O4. The van der Waals surface area contributed by atoms with E-state index in [0.717, 1.165) is 24.9 Å². The maximum atomic E-state index is 11.6. The molecule has 1 N–H and O–H groups in total. The number of unbranched alkanes of at least 4 members (excludes halogenated alkanes) is 4. The van der Waals surface area contributed by atoms with Crippen molar-refractivity contribution in [1.29, 1.82) is 0 Å². The summed E-state index contributed by atoms with van der Waals surface area (Å²) in [6.45, 7) is 6.83. The summed E-state index contributed by atoms with van der Waals surface area (Å²) in [4.78, 5) is 25.6. The summed E-state index contributed by atoms with van der Waals surface area (Å²) in [6, 6.07) is 10.2. The van der Waals surface area contributed by atoms with Crippen LogP contribution >= 0.6 is 0 Å². The number of imidazole rings is 1. The molecule has 3 atom stereocenters. The number of carbonyl (C=O) groups is 1. The van der Waals surface area contributed by atoms with Gasteiger partial charge in [-0.25, -0.2) is 4.98 Å². The number of rotatable bonds is 13. The van der Waals surface area contributed by atoms with Crippen LogP contribution in [0.15, 0.2) is 36.7 Å². The predicted molar refractivity (Wildman–Crippen MR) is 138 cm³/mol. The molecule has 0 radical (unpaired) electrons. The minimum atomic E-state index is -0.344. The lowest BCUT2D eigenvalue weighted by Gasteiger charge is -2.16. The highest BCUT2D eigenvalue weighted by Crippen LogP contribution is 2.35. The molecule has 0 amide bonds. The lowest BCUT2D eigenvalue weighted by atomic mass is 10.1. The summed E-state index contributed by atoms with van der Waals surface area (Å²) in [7, 11) is 0. The van der Waals surface area contributed by atoms with Crippen LogP contribution in [0.1, 0.15) is 77.5 Å². The highest BCUT2D eigenvalue weighted by molar-refractivity contribution is 5.83. The molecule has 2 aromatic heterocycles. The van der Waals surface area contributed by atoms with Gasteiger partial charge >= 0.3 is 12.0 Å². The van der Waals surface area contributed by atoms with Crippen LogP contribution in [0, 0.1) is 0 Å². The number of fused-ring (bicyclic) bond motifs is 1. The summed E-state index contributed by atoms with van der Waals surface area (Å²) in [5.41, 5.74) is 2.34. The molecule has 0 aliphatic carbocycles. The highest BCUT2D eigenvalue weighted by atomic mass is 16.6. The van der Waals surface area contributed by atoms with Crippen LogP contribution < -0.4 is 10.1 Å². The molecule has 0 bridgehead atoms. The molecular weight excluding hydrogens is 458 g/mol. The fourth-order valence-corrected chi connectivity index (χ4v) is 4.52. The second kappa shape index (κ2) is 12.7. The van der Waals surface area contributed by atoms with Crippen molar-refractivity contribution < 1.29 is 19.0 Å². The summed E-state index contributed by atoms with van der Waals surface area (Å²) in [5, 5.41) is 3.44. The molecule has 3 aromatic rings. The number of anilines is 1. The fraction of sp³-hybridized carbons (Fsp3) is 0.556. The third-order valence-corrected chi connectivity index (χ3v) is 6.39. The zero-order chi connectivity index (χ0) is 25.3. The van der Waals surface area contributed by atoms with Crippen molar-refractivity contribution >= 4 is 23.0 Å². The number of hydrogen-bond acceptors (Lipinski definition) is 8. The highest BCUT2D eigenvalue weighted by Gasteiger charge is 2.38. The molecule has 194 valence electrons. The van der Waals surface area contributed by atoms with Crippen LogP contribution in [-0.2, 0) is 20.9 Å². The Kier molecular flexibility index (Phi) is 9.11. The first-order valence-electron chi connectivity index (χ1n) is 13.1. The Morgan fingerprint density at radius 2 is 1.94 bits per heavy atom. The summed E-state index contributed by atoms with van der Waals surface area (Å²) in [6.07, 6.45) is 8.13. The maximum absolute atomic E-state index is 11.6. The van der Waals surface area contributed by atoms with E-state index < -0.39 is 0 Å². The molecule has 3 heterocycles. The predicted octanol–water partition coefficient (Wildman–Crippen LogP) is 5.42. The normalized spacial score (nSPS) is 19.5. The number of nitrogens with zero attached hydrogens (tertiary/aromatic N) is 4. The molecule has 1 aliphatic rings. The van der Waals surface area contributed by atoms with E-state index in [1.165, 1.54) is 32.6 Å². The Hall–Kier alpha value is -3.20. The molecule has 0 spiro atoms. The van der Waals surface area contributed by atoms with Crippen molar-refractivity contribution in [3.8, 4) is 6.01 Å². The number of esters is 1. The molecule has 9 heteroatoms. The fourth-order valence-electron chi connectivity index (χ4n) is 4.52. The molecule has 0 saturated carbocycles. The molecule has 4 rings (SSSR count). The van der Waals surface area contributed by atoms with Gasteiger partial charge in [0.2, 0.25) is 0 Å². The van der Waals surface area contributed by atoms with Crippen LogP contribution in [0.2, 0.25) is 0 Å². The van der Waals surface area contributed by atoms with Crippen molar-refractivity contribution in [3.63, 3.8) is 0 Å². The SMILES string of the molecule is CCCCCCCNc1nc(OCc2ccccc2)nc2c1ncn2[C@H]1CC(OC(C)=O)[C@@H](CC)O1. The van der Waals surface area contributed by atoms with Gasteiger partial charge < -0.3 is 19.5 Å². The van der Waals surface area contributed by atoms with E-state index in [9.17, 15) is 4.79 Å². The van der Waals surface area contributed by atoms with Gasteiger partial charge in [-0.15, -0.1) is 0 Å². The van der Waals surface area contributed by atoms with Crippen LogP contribution in [0.25, 0.3) is 11.2 Å². The third kappa shape index (κ3) is 6.51. The van der Waals surface area contributed by atoms with E-state index in [-0.39, 0.29) is 30.4 Å². The van der Waals surface area contributed by atoms with E-state index in [2.05, 4.69) is 22.2 Å². The molecule has 1 aromatic carbocycles. The van der Waals surface area contributed by atoms with Crippen molar-refractivity contribution in [2.45, 2.75) is 90.8 Å². The van der Waals surface area contributed by atoms with Crippen LogP contribution in [0.4, 0.5) is 5.82 Å². The lowest BCUT2D eigenvalue weighted by Crippen LogP contribution is -2.25. The molecule has 1 aliphatic heterocycles. The summed E-state index contributed by atoms with van der Waals surface area (Å²) in [5.74, 6) is 0.349. The van der Waals surface area contributed by atoms with E-state index in [1.54, 1.807) is 6.33 Å². The first-order valence-corrected chi connectivity index (χ1v) is 13.1. The molecule has 1 saturated heterocycles. The number of benzene rings is 1. The minimum absolute atomic E-state index is 0.173. The Labute approximate surface area is 212 Å². The maximum Gasteiger partial charge on any atom is 0.320 e. The first kappa shape index (κ1) is 25.9. The van der Waals surface area contributed by atoms with E-state index in [4.69, 9.17) is 19.2 Å². The largest absolute Gasteiger partial charge is 0.460 e. The Balaban J connectivity index is 1.56. The Morgan fingerprint density at radius 1 is 1.14 bits per heavy atom. The quantitative estimate of drug-likeness (QED) is 0.248. The van der Waals surface area contributed by atoms with E-state index in [0.29, 0.717) is 30.0 Å². The topological polar surface area (TPSA) is 100 Å². The average molecular weight is 496 g/mol. The number of ether oxygens (including phenoxy) is 3. The van der Waals surface area contributed by atoms with Gasteiger partial charge in [-0.2, -0.15) is 9.97 Å². The van der Waals surface area contributed by atoms with Crippen LogP contribution in [-0.4, -0.2) is 44.2 Å². The summed E-state index contributed by atoms with van der Waals surface area (Å²) < 4.78 is 19.6. The zero-order valence-corrected chi connectivity index (χ0v) is 21.5. The van der Waals surface area contributed by atoms with Crippen LogP contribution in [0.3, 0.4) is 0 Å². The zero-order valence-electron chi connectivity index (χ0n) is 21.5. The monoisotopic (exact) mass is 495 g/mol. The van der Waals surface area contributed by atoms with Gasteiger partial charge in [-0.1, -0.05) is 69.9 Å². The summed E-state index contributed by atoms with van der Waals surface area (Å²) >= 11 is 0. The number of aromatic nitrogens is 4. The number of carbonyl (C=O) groups excluding carboxylic acids is 1. The van der Waals surface area contributed by atoms with E-state index in [1.807, 2.05) is 41.8 Å². The van der Waals surface area contributed by atoms with Crippen molar-refractivity contribution in [2.24, 2.45) is 0 Å². The van der Waals surface area contributed by atoms with Gasteiger partial charge in [0.1, 0.15) is 18.9 Å². The Morgan fingerprint density at radius 3 is 2.69 bits per heavy atom. The Bertz CT molecular complexity index is 1120. The number of nitrogens with one attached hydrogen (secondary N) is 1. The second-order valence-corrected chi connectivity index (χ2v) is 9.22. The number of hydrogen-bond donors (Lipinski definition) is 1. The first-order chi connectivity index (χ1) is 17.6. The van der Waals surface area contributed by atoms with Crippen molar-refractivity contribution in [3.05, 3.63) is 42.2 Å². The molecule has 1 unspecified atom stereocenters. The standard InChI is InChI=1S/C27H37N5O4/c1-4-6-7-8-12-15-28-25-24-26(31-27(30-25)34-17-20-13-10-9-11-14-20)32(18-29-24)23-16-22(35-19(3)33)21(5-2)36-23/h9-11,13-14,18,21-23H,4-8,12,15-17H2,1-3H3,(H,28,30,31)/t21-,22?,23-/m1/s1. The van der Waals surface area contributed by atoms with Crippen LogP contribution in [0.5, 0.6) is 6.01 Å². The minimum Gasteiger partial charge on any atom is -0.460 e. The van der Waals surface area contributed by atoms with Crippen molar-refractivity contribution in [1.82, 2.24) is 19.5 Å². The molecule has 9 nitrogen and oxygen atoms in total. The third-order valence-electron chi connectivity index (χ3n) is 6.39. The molecule has 36 heavy (non-hydrogen) atoms. The second-order valence-electron chi connectivity index (χ2n) is 9.22. The van der Waals surface area contributed by atoms with Gasteiger partial charge in [-0.3, -0.25) is 9.36 Å². The van der Waals surface area contributed by atoms with E-state index >= 15 is 0 Å².